The molecule has 4 heteroatoms. The molecule has 0 aliphatic rings. The number of nitrogens with zero attached hydrogens (tertiary/aromatic N) is 3. The Hall–Kier alpha value is -1.41. The summed E-state index contributed by atoms with van der Waals surface area (Å²) in [5.41, 5.74) is 0.399. The Labute approximate surface area is 129 Å². The van der Waals surface area contributed by atoms with Crippen molar-refractivity contribution in [3.05, 3.63) is 35.9 Å². The van der Waals surface area contributed by atoms with Crippen LogP contribution in [-0.4, -0.2) is 57.1 Å². The largest absolute Gasteiger partial charge is 0.308 e. The molecule has 0 saturated heterocycles. The summed E-state index contributed by atoms with van der Waals surface area (Å²) in [5, 5.41) is 13.3. The molecule has 0 aromatic heterocycles. The molecule has 0 saturated carbocycles. The number of benzene rings is 1. The highest BCUT2D eigenvalue weighted by atomic mass is 15.2. The van der Waals surface area contributed by atoms with Crippen LogP contribution < -0.4 is 5.32 Å². The zero-order valence-electron chi connectivity index (χ0n) is 13.8. The van der Waals surface area contributed by atoms with Crippen molar-refractivity contribution < 1.29 is 0 Å². The van der Waals surface area contributed by atoms with Gasteiger partial charge >= 0.3 is 0 Å². The lowest BCUT2D eigenvalue weighted by Crippen LogP contribution is -2.50. The highest BCUT2D eigenvalue weighted by Gasteiger charge is 2.32. The van der Waals surface area contributed by atoms with E-state index < -0.39 is 5.54 Å². The Kier molecular flexibility index (Phi) is 7.38. The number of nitriles is 1. The molecule has 1 atom stereocenters. The maximum Gasteiger partial charge on any atom is 0.145 e. The normalized spacial score (nSPS) is 14.1. The molecular weight excluding hydrogens is 260 g/mol. The van der Waals surface area contributed by atoms with E-state index in [2.05, 4.69) is 49.3 Å². The monoisotopic (exact) mass is 288 g/mol. The SMILES string of the molecule is CCCNC(C#N)(CN(C)CCN(C)C)c1ccccc1. The summed E-state index contributed by atoms with van der Waals surface area (Å²) in [6.07, 6.45) is 1.01. The highest BCUT2D eigenvalue weighted by Crippen LogP contribution is 2.21. The predicted octanol–water partition coefficient (Wildman–Crippen LogP) is 1.90. The van der Waals surface area contributed by atoms with Crippen molar-refractivity contribution >= 4 is 0 Å². The maximum absolute atomic E-state index is 9.83. The van der Waals surface area contributed by atoms with Gasteiger partial charge in [0.2, 0.25) is 0 Å². The van der Waals surface area contributed by atoms with Gasteiger partial charge in [0.05, 0.1) is 6.07 Å². The Bertz CT molecular complexity index is 438. The van der Waals surface area contributed by atoms with E-state index in [1.165, 1.54) is 0 Å². The van der Waals surface area contributed by atoms with Gasteiger partial charge in [-0.25, -0.2) is 0 Å². The van der Waals surface area contributed by atoms with Crippen molar-refractivity contribution in [3.8, 4) is 6.07 Å². The fourth-order valence-corrected chi connectivity index (χ4v) is 2.30. The summed E-state index contributed by atoms with van der Waals surface area (Å²) < 4.78 is 0. The van der Waals surface area contributed by atoms with E-state index in [0.717, 1.165) is 31.6 Å². The second-order valence-electron chi connectivity index (χ2n) is 5.85. The lowest BCUT2D eigenvalue weighted by atomic mass is 9.90. The van der Waals surface area contributed by atoms with Gasteiger partial charge in [-0.15, -0.1) is 0 Å². The lowest BCUT2D eigenvalue weighted by Gasteiger charge is -2.33. The van der Waals surface area contributed by atoms with Crippen molar-refractivity contribution in [2.24, 2.45) is 0 Å². The molecule has 0 bridgehead atoms. The molecule has 1 aromatic rings. The summed E-state index contributed by atoms with van der Waals surface area (Å²) in [5.74, 6) is 0. The van der Waals surface area contributed by atoms with Gasteiger partial charge in [-0.3, -0.25) is 5.32 Å². The van der Waals surface area contributed by atoms with Crippen LogP contribution in [-0.2, 0) is 5.54 Å². The van der Waals surface area contributed by atoms with Gasteiger partial charge in [0.1, 0.15) is 5.54 Å². The molecule has 0 aliphatic carbocycles. The van der Waals surface area contributed by atoms with E-state index in [4.69, 9.17) is 0 Å². The predicted molar refractivity (Wildman–Crippen MR) is 88.1 cm³/mol. The molecule has 1 N–H and O–H groups in total. The fourth-order valence-electron chi connectivity index (χ4n) is 2.30. The third-order valence-electron chi connectivity index (χ3n) is 3.57. The number of hydrogen-bond acceptors (Lipinski definition) is 4. The average molecular weight is 288 g/mol. The Morgan fingerprint density at radius 3 is 2.33 bits per heavy atom. The van der Waals surface area contributed by atoms with Crippen LogP contribution in [0.2, 0.25) is 0 Å². The molecule has 0 fully saturated rings. The molecule has 0 radical (unpaired) electrons. The van der Waals surface area contributed by atoms with Crippen molar-refractivity contribution in [1.29, 1.82) is 5.26 Å². The molecule has 21 heavy (non-hydrogen) atoms. The minimum atomic E-state index is -0.641. The van der Waals surface area contributed by atoms with E-state index >= 15 is 0 Å². The first-order valence-corrected chi connectivity index (χ1v) is 7.59. The van der Waals surface area contributed by atoms with Crippen molar-refractivity contribution in [2.75, 3.05) is 47.3 Å². The van der Waals surface area contributed by atoms with Crippen LogP contribution >= 0.6 is 0 Å². The van der Waals surface area contributed by atoms with Crippen LogP contribution in [0.4, 0.5) is 0 Å². The molecule has 0 spiro atoms. The molecular formula is C17H28N4. The maximum atomic E-state index is 9.83. The number of likely N-dealkylation sites (N-methyl/N-ethyl adjacent to an activating group) is 2. The number of hydrogen-bond donors (Lipinski definition) is 1. The lowest BCUT2D eigenvalue weighted by molar-refractivity contribution is 0.227. The van der Waals surface area contributed by atoms with E-state index in [9.17, 15) is 5.26 Å². The van der Waals surface area contributed by atoms with Gasteiger partial charge in [0, 0.05) is 19.6 Å². The van der Waals surface area contributed by atoms with Gasteiger partial charge in [0.15, 0.2) is 0 Å². The highest BCUT2D eigenvalue weighted by molar-refractivity contribution is 5.32. The third kappa shape index (κ3) is 5.47. The summed E-state index contributed by atoms with van der Waals surface area (Å²) in [7, 11) is 6.21. The van der Waals surface area contributed by atoms with Crippen LogP contribution in [0.15, 0.2) is 30.3 Å². The topological polar surface area (TPSA) is 42.3 Å². The number of nitrogens with one attached hydrogen (secondary N) is 1. The zero-order chi connectivity index (χ0) is 15.7. The second-order valence-corrected chi connectivity index (χ2v) is 5.85. The first-order valence-electron chi connectivity index (χ1n) is 7.59. The first kappa shape index (κ1) is 17.6. The minimum Gasteiger partial charge on any atom is -0.308 e. The van der Waals surface area contributed by atoms with Crippen LogP contribution in [0.3, 0.4) is 0 Å². The third-order valence-corrected chi connectivity index (χ3v) is 3.57. The number of rotatable bonds is 9. The minimum absolute atomic E-state index is 0.641. The molecule has 1 aromatic carbocycles. The Morgan fingerprint density at radius 1 is 1.14 bits per heavy atom. The Balaban J connectivity index is 2.89. The van der Waals surface area contributed by atoms with Gasteiger partial charge in [-0.05, 0) is 39.7 Å². The molecule has 0 heterocycles. The fraction of sp³-hybridized carbons (Fsp3) is 0.588. The summed E-state index contributed by atoms with van der Waals surface area (Å²) >= 11 is 0. The van der Waals surface area contributed by atoms with Gasteiger partial charge in [-0.1, -0.05) is 37.3 Å². The van der Waals surface area contributed by atoms with Crippen molar-refractivity contribution in [3.63, 3.8) is 0 Å². The average Bonchev–Trinajstić information content (AvgIpc) is 2.50. The molecule has 0 aliphatic heterocycles. The summed E-state index contributed by atoms with van der Waals surface area (Å²) in [4.78, 5) is 4.38. The smallest absolute Gasteiger partial charge is 0.145 e. The zero-order valence-corrected chi connectivity index (χ0v) is 13.8. The van der Waals surface area contributed by atoms with E-state index in [1.54, 1.807) is 0 Å². The van der Waals surface area contributed by atoms with Crippen LogP contribution in [0.1, 0.15) is 18.9 Å². The summed E-state index contributed by atoms with van der Waals surface area (Å²) in [6.45, 7) is 5.57. The molecule has 4 nitrogen and oxygen atoms in total. The van der Waals surface area contributed by atoms with Crippen LogP contribution in [0.5, 0.6) is 0 Å². The first-order chi connectivity index (χ1) is 10.0. The van der Waals surface area contributed by atoms with Gasteiger partial charge < -0.3 is 9.80 Å². The quantitative estimate of drug-likeness (QED) is 0.753. The Morgan fingerprint density at radius 2 is 1.81 bits per heavy atom. The summed E-state index contributed by atoms with van der Waals surface area (Å²) in [6, 6.07) is 12.6. The van der Waals surface area contributed by atoms with Gasteiger partial charge in [-0.2, -0.15) is 5.26 Å². The van der Waals surface area contributed by atoms with E-state index in [-0.39, 0.29) is 0 Å². The standard InChI is InChI=1S/C17H28N4/c1-5-11-19-17(14-18,16-9-7-6-8-10-16)15-21(4)13-12-20(2)3/h6-10,19H,5,11-13,15H2,1-4H3. The molecule has 116 valence electrons. The van der Waals surface area contributed by atoms with E-state index in [1.807, 2.05) is 30.3 Å². The van der Waals surface area contributed by atoms with E-state index in [0.29, 0.717) is 6.54 Å². The van der Waals surface area contributed by atoms with Crippen LogP contribution in [0, 0.1) is 11.3 Å². The van der Waals surface area contributed by atoms with Gasteiger partial charge in [0.25, 0.3) is 0 Å². The second kappa shape index (κ2) is 8.78. The molecule has 1 rings (SSSR count). The molecule has 1 unspecified atom stereocenters. The molecule has 0 amide bonds. The van der Waals surface area contributed by atoms with Crippen molar-refractivity contribution in [1.82, 2.24) is 15.1 Å². The van der Waals surface area contributed by atoms with Crippen molar-refractivity contribution in [2.45, 2.75) is 18.9 Å². The van der Waals surface area contributed by atoms with Crippen LogP contribution in [0.25, 0.3) is 0 Å².